The minimum absolute atomic E-state index is 0.244. The summed E-state index contributed by atoms with van der Waals surface area (Å²) in [4.78, 5) is 4.61. The summed E-state index contributed by atoms with van der Waals surface area (Å²) in [5.74, 6) is 0.559. The summed E-state index contributed by atoms with van der Waals surface area (Å²) in [6, 6.07) is 22.7. The Morgan fingerprint density at radius 2 is 1.74 bits per heavy atom. The largest absolute Gasteiger partial charge is 0.448 e. The number of nitrogens with one attached hydrogen (secondary N) is 1. The Morgan fingerprint density at radius 1 is 0.968 bits per heavy atom. The van der Waals surface area contributed by atoms with E-state index in [4.69, 9.17) is 4.74 Å². The summed E-state index contributed by atoms with van der Waals surface area (Å²) in [6.45, 7) is 2.05. The highest BCUT2D eigenvalue weighted by molar-refractivity contribution is 7.98. The van der Waals surface area contributed by atoms with Crippen molar-refractivity contribution in [2.45, 2.75) is 24.1 Å². The van der Waals surface area contributed by atoms with E-state index in [2.05, 4.69) is 20.5 Å². The van der Waals surface area contributed by atoms with E-state index in [0.29, 0.717) is 28.0 Å². The molecule has 154 valence electrons. The standard InChI is InChI=1S/C24H19FN4OS/c1-15-10-12-16(13-11-15)22-26-20-9-5-3-7-18(20)21-23(30-22)27-24(29-28-21)31-14-17-6-2-4-8-19(17)25/h2-13,22,26H,14H2,1H3/t22-/m1/s1. The van der Waals surface area contributed by atoms with E-state index in [1.807, 2.05) is 61.5 Å². The van der Waals surface area contributed by atoms with Crippen molar-refractivity contribution in [3.8, 4) is 17.1 Å². The maximum atomic E-state index is 13.9. The van der Waals surface area contributed by atoms with E-state index >= 15 is 0 Å². The molecule has 0 unspecified atom stereocenters. The molecular weight excluding hydrogens is 411 g/mol. The maximum absolute atomic E-state index is 13.9. The molecule has 5 nitrogen and oxygen atoms in total. The smallest absolute Gasteiger partial charge is 0.247 e. The Kier molecular flexibility index (Phi) is 5.26. The summed E-state index contributed by atoms with van der Waals surface area (Å²) in [5.41, 5.74) is 5.10. The Labute approximate surface area is 183 Å². The lowest BCUT2D eigenvalue weighted by Gasteiger charge is -2.19. The average Bonchev–Trinajstić information content (AvgIpc) is 2.95. The fourth-order valence-electron chi connectivity index (χ4n) is 3.36. The van der Waals surface area contributed by atoms with Crippen molar-refractivity contribution >= 4 is 17.4 Å². The zero-order valence-electron chi connectivity index (χ0n) is 16.7. The Balaban J connectivity index is 1.49. The zero-order valence-corrected chi connectivity index (χ0v) is 17.6. The van der Waals surface area contributed by atoms with E-state index in [1.54, 1.807) is 12.1 Å². The van der Waals surface area contributed by atoms with Crippen LogP contribution in [0.3, 0.4) is 0 Å². The molecule has 0 bridgehead atoms. The summed E-state index contributed by atoms with van der Waals surface area (Å²) in [7, 11) is 0. The van der Waals surface area contributed by atoms with Crippen molar-refractivity contribution in [1.29, 1.82) is 0 Å². The van der Waals surface area contributed by atoms with Crippen LogP contribution in [-0.4, -0.2) is 15.2 Å². The fourth-order valence-corrected chi connectivity index (χ4v) is 4.12. The number of rotatable bonds is 4. The van der Waals surface area contributed by atoms with Crippen molar-refractivity contribution in [1.82, 2.24) is 15.2 Å². The van der Waals surface area contributed by atoms with Crippen molar-refractivity contribution in [2.75, 3.05) is 5.32 Å². The van der Waals surface area contributed by atoms with Gasteiger partial charge in [0.25, 0.3) is 0 Å². The third-order valence-corrected chi connectivity index (χ3v) is 5.91. The van der Waals surface area contributed by atoms with Crippen LogP contribution in [0.4, 0.5) is 10.1 Å². The summed E-state index contributed by atoms with van der Waals surface area (Å²) in [5, 5.41) is 12.5. The number of nitrogens with zero attached hydrogens (tertiary/aromatic N) is 3. The van der Waals surface area contributed by atoms with Gasteiger partial charge in [0, 0.05) is 22.6 Å². The second kappa shape index (κ2) is 8.35. The first-order chi connectivity index (χ1) is 15.2. The van der Waals surface area contributed by atoms with Gasteiger partial charge in [-0.3, -0.25) is 0 Å². The van der Waals surface area contributed by atoms with Crippen LogP contribution in [0, 0.1) is 12.7 Å². The predicted molar refractivity (Wildman–Crippen MR) is 119 cm³/mol. The molecule has 0 saturated carbocycles. The SMILES string of the molecule is Cc1ccc([C@@H]2Nc3ccccc3-c3nnc(SCc4ccccc4F)nc3O2)cc1. The predicted octanol–water partition coefficient (Wildman–Crippen LogP) is 5.78. The van der Waals surface area contributed by atoms with Crippen molar-refractivity contribution < 1.29 is 9.13 Å². The molecule has 1 aliphatic heterocycles. The topological polar surface area (TPSA) is 59.9 Å². The summed E-state index contributed by atoms with van der Waals surface area (Å²) >= 11 is 1.32. The summed E-state index contributed by atoms with van der Waals surface area (Å²) < 4.78 is 20.2. The van der Waals surface area contributed by atoms with Crippen LogP contribution in [0.15, 0.2) is 78.0 Å². The van der Waals surface area contributed by atoms with E-state index in [1.165, 1.54) is 23.4 Å². The second-order valence-corrected chi connectivity index (χ2v) is 8.17. The second-order valence-electron chi connectivity index (χ2n) is 7.23. The Hall–Kier alpha value is -3.45. The van der Waals surface area contributed by atoms with Crippen LogP contribution in [0.1, 0.15) is 22.9 Å². The molecule has 0 aliphatic carbocycles. The van der Waals surface area contributed by atoms with Gasteiger partial charge in [-0.15, -0.1) is 10.2 Å². The number of para-hydroxylation sites is 1. The number of halogens is 1. The van der Waals surface area contributed by atoms with Crippen LogP contribution in [0.25, 0.3) is 11.3 Å². The highest BCUT2D eigenvalue weighted by Crippen LogP contribution is 2.39. The number of benzene rings is 3. The molecule has 0 spiro atoms. The molecular formula is C24H19FN4OS. The lowest BCUT2D eigenvalue weighted by Crippen LogP contribution is -2.17. The number of ether oxygens (including phenoxy) is 1. The van der Waals surface area contributed by atoms with Gasteiger partial charge in [-0.25, -0.2) is 4.39 Å². The first-order valence-corrected chi connectivity index (χ1v) is 10.9. The van der Waals surface area contributed by atoms with E-state index in [0.717, 1.165) is 16.8 Å². The highest BCUT2D eigenvalue weighted by Gasteiger charge is 2.26. The molecule has 31 heavy (non-hydrogen) atoms. The molecule has 4 aromatic rings. The van der Waals surface area contributed by atoms with Crippen LogP contribution < -0.4 is 10.1 Å². The number of hydrogen-bond donors (Lipinski definition) is 1. The normalized spacial score (nSPS) is 14.6. The number of aromatic nitrogens is 3. The number of fused-ring (bicyclic) bond motifs is 3. The van der Waals surface area contributed by atoms with Crippen LogP contribution in [0.2, 0.25) is 0 Å². The van der Waals surface area contributed by atoms with E-state index in [-0.39, 0.29) is 5.82 Å². The first-order valence-electron chi connectivity index (χ1n) is 9.87. The summed E-state index contributed by atoms with van der Waals surface area (Å²) in [6.07, 6.45) is -0.427. The van der Waals surface area contributed by atoms with Gasteiger partial charge in [-0.1, -0.05) is 78.0 Å². The third kappa shape index (κ3) is 4.09. The van der Waals surface area contributed by atoms with Crippen molar-refractivity contribution in [3.63, 3.8) is 0 Å². The monoisotopic (exact) mass is 430 g/mol. The molecule has 0 radical (unpaired) electrons. The van der Waals surface area contributed by atoms with Gasteiger partial charge in [0.1, 0.15) is 5.82 Å². The van der Waals surface area contributed by atoms with Crippen molar-refractivity contribution in [3.05, 3.63) is 95.3 Å². The van der Waals surface area contributed by atoms with Gasteiger partial charge in [0.15, 0.2) is 11.9 Å². The van der Waals surface area contributed by atoms with Gasteiger partial charge in [0.2, 0.25) is 11.0 Å². The molecule has 1 aromatic heterocycles. The third-order valence-electron chi connectivity index (χ3n) is 5.03. The molecule has 1 aliphatic rings. The van der Waals surface area contributed by atoms with Crippen LogP contribution in [-0.2, 0) is 5.75 Å². The van der Waals surface area contributed by atoms with Gasteiger partial charge >= 0.3 is 0 Å². The van der Waals surface area contributed by atoms with Gasteiger partial charge in [-0.2, -0.15) is 4.98 Å². The Morgan fingerprint density at radius 3 is 2.58 bits per heavy atom. The molecule has 5 rings (SSSR count). The fraction of sp³-hybridized carbons (Fsp3) is 0.125. The number of aryl methyl sites for hydroxylation is 1. The lowest BCUT2D eigenvalue weighted by molar-refractivity contribution is 0.225. The quantitative estimate of drug-likeness (QED) is 0.414. The van der Waals surface area contributed by atoms with Crippen LogP contribution in [0.5, 0.6) is 5.88 Å². The molecule has 0 saturated heterocycles. The minimum Gasteiger partial charge on any atom is -0.448 e. The highest BCUT2D eigenvalue weighted by atomic mass is 32.2. The number of anilines is 1. The molecule has 1 N–H and O–H groups in total. The molecule has 7 heteroatoms. The molecule has 1 atom stereocenters. The van der Waals surface area contributed by atoms with E-state index in [9.17, 15) is 4.39 Å². The Bertz CT molecular complexity index is 1230. The number of hydrogen-bond acceptors (Lipinski definition) is 6. The van der Waals surface area contributed by atoms with Crippen molar-refractivity contribution in [2.24, 2.45) is 0 Å². The van der Waals surface area contributed by atoms with E-state index < -0.39 is 6.23 Å². The minimum atomic E-state index is -0.427. The number of thioether (sulfide) groups is 1. The first kappa shape index (κ1) is 19.5. The molecule has 2 heterocycles. The molecule has 3 aromatic carbocycles. The van der Waals surface area contributed by atoms with Crippen LogP contribution >= 0.6 is 11.8 Å². The van der Waals surface area contributed by atoms with Gasteiger partial charge in [0.05, 0.1) is 0 Å². The van der Waals surface area contributed by atoms with Gasteiger partial charge in [-0.05, 0) is 24.6 Å². The zero-order chi connectivity index (χ0) is 21.2. The lowest BCUT2D eigenvalue weighted by atomic mass is 10.1. The maximum Gasteiger partial charge on any atom is 0.247 e. The average molecular weight is 431 g/mol. The van der Waals surface area contributed by atoms with Gasteiger partial charge < -0.3 is 10.1 Å². The molecule has 0 amide bonds. The molecule has 0 fully saturated rings.